The summed E-state index contributed by atoms with van der Waals surface area (Å²) in [5.41, 5.74) is 0. The molecule has 3 saturated carbocycles. The van der Waals surface area contributed by atoms with E-state index in [4.69, 9.17) is 0 Å². The van der Waals surface area contributed by atoms with Gasteiger partial charge in [-0.15, -0.1) is 0 Å². The Balaban J connectivity index is 1.55. The number of hydrogen-bond acceptors (Lipinski definition) is 2. The largest absolute Gasteiger partial charge is 0.480 e. The van der Waals surface area contributed by atoms with Crippen LogP contribution in [0.25, 0.3) is 0 Å². The molecule has 3 aliphatic rings. The summed E-state index contributed by atoms with van der Waals surface area (Å²) in [4.78, 5) is 11.2. The van der Waals surface area contributed by atoms with E-state index in [1.54, 1.807) is 0 Å². The molecule has 0 aliphatic heterocycles. The van der Waals surface area contributed by atoms with Crippen LogP contribution in [0.3, 0.4) is 0 Å². The number of carboxylic acids is 1. The number of carboxylic acid groups (broad SMARTS) is 1. The third-order valence-electron chi connectivity index (χ3n) is 5.27. The molecule has 0 aromatic rings. The normalized spacial score (nSPS) is 43.5. The number of carbonyl (C=O) groups is 1. The zero-order valence-electron chi connectivity index (χ0n) is 10.6. The lowest BCUT2D eigenvalue weighted by atomic mass is 10.0. The summed E-state index contributed by atoms with van der Waals surface area (Å²) in [6.45, 7) is 2.12. The second kappa shape index (κ2) is 4.27. The maximum Gasteiger partial charge on any atom is 0.320 e. The molecule has 3 fully saturated rings. The van der Waals surface area contributed by atoms with E-state index in [1.165, 1.54) is 19.3 Å². The molecule has 3 aliphatic carbocycles. The van der Waals surface area contributed by atoms with E-state index in [1.807, 2.05) is 0 Å². The molecule has 5 unspecified atom stereocenters. The van der Waals surface area contributed by atoms with Crippen LogP contribution in [0.4, 0.5) is 0 Å². The topological polar surface area (TPSA) is 49.3 Å². The highest BCUT2D eigenvalue weighted by atomic mass is 16.4. The molecule has 3 rings (SSSR count). The first kappa shape index (κ1) is 11.5. The van der Waals surface area contributed by atoms with Crippen LogP contribution in [0.2, 0.25) is 0 Å². The van der Waals surface area contributed by atoms with Gasteiger partial charge in [0, 0.05) is 6.04 Å². The Morgan fingerprint density at radius 1 is 1.35 bits per heavy atom. The van der Waals surface area contributed by atoms with E-state index < -0.39 is 5.97 Å². The number of nitrogens with one attached hydrogen (secondary N) is 1. The van der Waals surface area contributed by atoms with Crippen molar-refractivity contribution < 1.29 is 9.90 Å². The maximum atomic E-state index is 11.2. The van der Waals surface area contributed by atoms with Gasteiger partial charge in [0.05, 0.1) is 0 Å². The SMILES string of the molecule is CCCCC(NC1C2C3CCC(C3)C12)C(=O)O. The first-order chi connectivity index (χ1) is 8.22. The molecule has 2 N–H and O–H groups in total. The van der Waals surface area contributed by atoms with E-state index in [-0.39, 0.29) is 6.04 Å². The Morgan fingerprint density at radius 2 is 2.00 bits per heavy atom. The fraction of sp³-hybridized carbons (Fsp3) is 0.929. The summed E-state index contributed by atoms with van der Waals surface area (Å²) in [6, 6.07) is 0.240. The Morgan fingerprint density at radius 3 is 2.53 bits per heavy atom. The molecule has 17 heavy (non-hydrogen) atoms. The molecule has 0 heterocycles. The fourth-order valence-electron chi connectivity index (χ4n) is 4.47. The van der Waals surface area contributed by atoms with Gasteiger partial charge in [-0.2, -0.15) is 0 Å². The molecule has 0 radical (unpaired) electrons. The minimum absolute atomic E-state index is 0.301. The molecule has 96 valence electrons. The molecule has 3 nitrogen and oxygen atoms in total. The van der Waals surface area contributed by atoms with Gasteiger partial charge in [0.15, 0.2) is 0 Å². The highest BCUT2D eigenvalue weighted by Crippen LogP contribution is 2.65. The van der Waals surface area contributed by atoms with Gasteiger partial charge >= 0.3 is 5.97 Å². The molecule has 5 atom stereocenters. The predicted octanol–water partition coefficient (Wildman–Crippen LogP) is 2.26. The fourth-order valence-corrected chi connectivity index (χ4v) is 4.47. The zero-order chi connectivity index (χ0) is 12.0. The molecule has 3 heteroatoms. The van der Waals surface area contributed by atoms with Crippen LogP contribution in [0.5, 0.6) is 0 Å². The maximum absolute atomic E-state index is 11.2. The minimum atomic E-state index is -0.657. The monoisotopic (exact) mass is 237 g/mol. The number of rotatable bonds is 6. The van der Waals surface area contributed by atoms with Gasteiger partial charge in [-0.3, -0.25) is 4.79 Å². The first-order valence-electron chi connectivity index (χ1n) is 7.21. The summed E-state index contributed by atoms with van der Waals surface area (Å²) in [5.74, 6) is 2.84. The Labute approximate surface area is 103 Å². The molecule has 0 amide bonds. The van der Waals surface area contributed by atoms with Gasteiger partial charge in [0.1, 0.15) is 6.04 Å². The second-order valence-electron chi connectivity index (χ2n) is 6.21. The summed E-state index contributed by atoms with van der Waals surface area (Å²) >= 11 is 0. The number of fused-ring (bicyclic) bond motifs is 5. The van der Waals surface area contributed by atoms with Crippen molar-refractivity contribution in [3.63, 3.8) is 0 Å². The van der Waals surface area contributed by atoms with Crippen molar-refractivity contribution in [3.8, 4) is 0 Å². The second-order valence-corrected chi connectivity index (χ2v) is 6.21. The molecule has 0 aromatic heterocycles. The van der Waals surface area contributed by atoms with E-state index in [0.717, 1.165) is 42.9 Å². The summed E-state index contributed by atoms with van der Waals surface area (Å²) in [5, 5.41) is 12.7. The lowest BCUT2D eigenvalue weighted by Gasteiger charge is -2.17. The van der Waals surface area contributed by atoms with Gasteiger partial charge in [0.25, 0.3) is 0 Å². The van der Waals surface area contributed by atoms with Crippen LogP contribution in [0.15, 0.2) is 0 Å². The van der Waals surface area contributed by atoms with Crippen LogP contribution < -0.4 is 5.32 Å². The van der Waals surface area contributed by atoms with Crippen LogP contribution in [-0.2, 0) is 4.79 Å². The third kappa shape index (κ3) is 1.88. The van der Waals surface area contributed by atoms with Gasteiger partial charge in [-0.05, 0) is 49.4 Å². The average Bonchev–Trinajstić information content (AvgIpc) is 2.71. The highest BCUT2D eigenvalue weighted by molar-refractivity contribution is 5.73. The first-order valence-corrected chi connectivity index (χ1v) is 7.21. The van der Waals surface area contributed by atoms with Gasteiger partial charge in [-0.25, -0.2) is 0 Å². The Bertz CT molecular complexity index is 301. The lowest BCUT2D eigenvalue weighted by molar-refractivity contribution is -0.139. The standard InChI is InChI=1S/C14H23NO2/c1-2-3-4-10(14(16)17)15-13-11-8-5-6-9(7-8)12(11)13/h8-13,15H,2-7H2,1H3,(H,16,17). The zero-order valence-corrected chi connectivity index (χ0v) is 10.6. The smallest absolute Gasteiger partial charge is 0.320 e. The van der Waals surface area contributed by atoms with Crippen molar-refractivity contribution in [2.24, 2.45) is 23.7 Å². The van der Waals surface area contributed by atoms with Crippen molar-refractivity contribution >= 4 is 5.97 Å². The van der Waals surface area contributed by atoms with Crippen LogP contribution in [0.1, 0.15) is 45.4 Å². The minimum Gasteiger partial charge on any atom is -0.480 e. The number of aliphatic carboxylic acids is 1. The Hall–Kier alpha value is -0.570. The van der Waals surface area contributed by atoms with E-state index >= 15 is 0 Å². The lowest BCUT2D eigenvalue weighted by Crippen LogP contribution is -2.40. The molecule has 0 aromatic carbocycles. The van der Waals surface area contributed by atoms with E-state index in [9.17, 15) is 9.90 Å². The van der Waals surface area contributed by atoms with E-state index in [0.29, 0.717) is 6.04 Å². The highest BCUT2D eigenvalue weighted by Gasteiger charge is 2.65. The molecule has 2 bridgehead atoms. The van der Waals surface area contributed by atoms with Crippen molar-refractivity contribution in [1.82, 2.24) is 5.32 Å². The van der Waals surface area contributed by atoms with Gasteiger partial charge in [0.2, 0.25) is 0 Å². The van der Waals surface area contributed by atoms with Crippen molar-refractivity contribution in [3.05, 3.63) is 0 Å². The predicted molar refractivity (Wildman–Crippen MR) is 65.7 cm³/mol. The van der Waals surface area contributed by atoms with Gasteiger partial charge in [-0.1, -0.05) is 19.8 Å². The van der Waals surface area contributed by atoms with E-state index in [2.05, 4.69) is 12.2 Å². The number of hydrogen-bond donors (Lipinski definition) is 2. The van der Waals surface area contributed by atoms with Crippen LogP contribution in [-0.4, -0.2) is 23.2 Å². The third-order valence-corrected chi connectivity index (χ3v) is 5.27. The number of unbranched alkanes of at least 4 members (excludes halogenated alkanes) is 1. The van der Waals surface area contributed by atoms with Crippen LogP contribution in [0, 0.1) is 23.7 Å². The molecular formula is C14H23NO2. The summed E-state index contributed by atoms with van der Waals surface area (Å²) < 4.78 is 0. The Kier molecular flexibility index (Phi) is 2.89. The van der Waals surface area contributed by atoms with Crippen LogP contribution >= 0.6 is 0 Å². The van der Waals surface area contributed by atoms with Crippen molar-refractivity contribution in [2.45, 2.75) is 57.5 Å². The summed E-state index contributed by atoms with van der Waals surface area (Å²) in [7, 11) is 0. The van der Waals surface area contributed by atoms with Crippen molar-refractivity contribution in [2.75, 3.05) is 0 Å². The van der Waals surface area contributed by atoms with Crippen molar-refractivity contribution in [1.29, 1.82) is 0 Å². The average molecular weight is 237 g/mol. The molecule has 0 spiro atoms. The van der Waals surface area contributed by atoms with Gasteiger partial charge < -0.3 is 10.4 Å². The quantitative estimate of drug-likeness (QED) is 0.745. The summed E-state index contributed by atoms with van der Waals surface area (Å²) in [6.07, 6.45) is 7.11. The molecule has 0 saturated heterocycles. The molecular weight excluding hydrogens is 214 g/mol.